The van der Waals surface area contributed by atoms with Gasteiger partial charge >= 0.3 is 6.61 Å². The van der Waals surface area contributed by atoms with Crippen molar-refractivity contribution < 1.29 is 18.3 Å². The number of para-hydroxylation sites is 2. The lowest BCUT2D eigenvalue weighted by molar-refractivity contribution is -0.0493. The molecule has 1 amide bonds. The molecule has 1 heterocycles. The van der Waals surface area contributed by atoms with E-state index in [4.69, 9.17) is 23.2 Å². The number of amides is 1. The van der Waals surface area contributed by atoms with Crippen molar-refractivity contribution in [3.05, 3.63) is 52.3 Å². The van der Waals surface area contributed by atoms with E-state index in [1.807, 2.05) is 0 Å². The minimum Gasteiger partial charge on any atom is -0.433 e. The van der Waals surface area contributed by atoms with Crippen LogP contribution in [0, 0.1) is 0 Å². The Hall–Kier alpha value is -1.92. The summed E-state index contributed by atoms with van der Waals surface area (Å²) in [6, 6.07) is 7.15. The molecule has 110 valence electrons. The van der Waals surface area contributed by atoms with Crippen molar-refractivity contribution in [1.29, 1.82) is 0 Å². The van der Waals surface area contributed by atoms with Crippen molar-refractivity contribution in [2.75, 3.05) is 5.32 Å². The predicted molar refractivity (Wildman–Crippen MR) is 75.3 cm³/mol. The molecule has 0 unspecified atom stereocenters. The van der Waals surface area contributed by atoms with Crippen molar-refractivity contribution in [3.63, 3.8) is 0 Å². The number of halogens is 4. The normalized spacial score (nSPS) is 10.5. The highest BCUT2D eigenvalue weighted by molar-refractivity contribution is 6.41. The van der Waals surface area contributed by atoms with E-state index >= 15 is 0 Å². The molecule has 0 aliphatic rings. The van der Waals surface area contributed by atoms with Gasteiger partial charge in [-0.2, -0.15) is 8.78 Å². The number of aromatic nitrogens is 1. The average molecular weight is 333 g/mol. The van der Waals surface area contributed by atoms with Gasteiger partial charge in [0.1, 0.15) is 10.9 Å². The fourth-order valence-corrected chi connectivity index (χ4v) is 1.78. The van der Waals surface area contributed by atoms with E-state index < -0.39 is 12.5 Å². The summed E-state index contributed by atoms with van der Waals surface area (Å²) in [5.74, 6) is -0.722. The Balaban J connectivity index is 2.21. The van der Waals surface area contributed by atoms with Gasteiger partial charge in [-0.15, -0.1) is 0 Å². The second-order valence-electron chi connectivity index (χ2n) is 3.83. The average Bonchev–Trinajstić information content (AvgIpc) is 2.43. The fourth-order valence-electron chi connectivity index (χ4n) is 1.51. The number of anilines is 1. The number of pyridine rings is 1. The molecule has 21 heavy (non-hydrogen) atoms. The van der Waals surface area contributed by atoms with Crippen molar-refractivity contribution in [3.8, 4) is 5.75 Å². The monoisotopic (exact) mass is 332 g/mol. The van der Waals surface area contributed by atoms with Crippen LogP contribution in [0.15, 0.2) is 36.5 Å². The number of nitrogens with one attached hydrogen (secondary N) is 1. The van der Waals surface area contributed by atoms with Gasteiger partial charge in [0.15, 0.2) is 0 Å². The minimum absolute atomic E-state index is 0.0645. The third-order valence-electron chi connectivity index (χ3n) is 2.41. The molecule has 1 N–H and O–H groups in total. The molecule has 0 aliphatic carbocycles. The SMILES string of the molecule is O=C(Nc1ccccc1OC(F)F)c1cnc(Cl)c(Cl)c1. The maximum absolute atomic E-state index is 12.3. The van der Waals surface area contributed by atoms with Crippen molar-refractivity contribution >= 4 is 34.8 Å². The molecule has 2 aromatic rings. The molecule has 0 saturated heterocycles. The van der Waals surface area contributed by atoms with E-state index in [0.717, 1.165) is 0 Å². The molecular formula is C13H8Cl2F2N2O2. The molecule has 0 radical (unpaired) electrons. The quantitative estimate of drug-likeness (QED) is 0.852. The van der Waals surface area contributed by atoms with E-state index in [1.54, 1.807) is 6.07 Å². The van der Waals surface area contributed by atoms with Gasteiger partial charge in [0.05, 0.1) is 16.3 Å². The topological polar surface area (TPSA) is 51.2 Å². The van der Waals surface area contributed by atoms with Crippen LogP contribution in [-0.4, -0.2) is 17.5 Å². The second-order valence-corrected chi connectivity index (χ2v) is 4.59. The number of hydrogen-bond acceptors (Lipinski definition) is 3. The molecule has 4 nitrogen and oxygen atoms in total. The van der Waals surface area contributed by atoms with E-state index in [1.165, 1.54) is 30.5 Å². The van der Waals surface area contributed by atoms with Gasteiger partial charge in [-0.05, 0) is 18.2 Å². The van der Waals surface area contributed by atoms with E-state index in [9.17, 15) is 13.6 Å². The van der Waals surface area contributed by atoms with Crippen molar-refractivity contribution in [2.24, 2.45) is 0 Å². The molecular weight excluding hydrogens is 325 g/mol. The van der Waals surface area contributed by atoms with E-state index in [2.05, 4.69) is 15.0 Å². The molecule has 8 heteroatoms. The van der Waals surface area contributed by atoms with Crippen LogP contribution in [0.1, 0.15) is 10.4 Å². The van der Waals surface area contributed by atoms with Gasteiger partial charge < -0.3 is 10.1 Å². The van der Waals surface area contributed by atoms with E-state index in [0.29, 0.717) is 0 Å². The molecule has 0 spiro atoms. The van der Waals surface area contributed by atoms with Gasteiger partial charge in [-0.1, -0.05) is 35.3 Å². The summed E-state index contributed by atoms with van der Waals surface area (Å²) in [7, 11) is 0. The highest BCUT2D eigenvalue weighted by Crippen LogP contribution is 2.26. The van der Waals surface area contributed by atoms with E-state index in [-0.39, 0.29) is 27.2 Å². The lowest BCUT2D eigenvalue weighted by atomic mass is 10.2. The van der Waals surface area contributed by atoms with Crippen LogP contribution in [0.2, 0.25) is 10.2 Å². The first-order valence-electron chi connectivity index (χ1n) is 5.63. The van der Waals surface area contributed by atoms with Gasteiger partial charge in [0.2, 0.25) is 0 Å². The summed E-state index contributed by atoms with van der Waals surface area (Å²) in [5.41, 5.74) is 0.241. The Bertz CT molecular complexity index is 668. The Morgan fingerprint density at radius 3 is 2.67 bits per heavy atom. The molecule has 2 rings (SSSR count). The predicted octanol–water partition coefficient (Wildman–Crippen LogP) is 4.24. The molecule has 0 aliphatic heterocycles. The molecule has 1 aromatic carbocycles. The van der Waals surface area contributed by atoms with Gasteiger partial charge in [-0.25, -0.2) is 4.98 Å². The standard InChI is InChI=1S/C13H8Cl2F2N2O2/c14-8-5-7(6-18-11(8)15)12(20)19-9-3-1-2-4-10(9)21-13(16)17/h1-6,13H,(H,19,20). The zero-order chi connectivity index (χ0) is 15.4. The first kappa shape index (κ1) is 15.5. The van der Waals surface area contributed by atoms with Crippen LogP contribution in [0.25, 0.3) is 0 Å². The number of ether oxygens (including phenoxy) is 1. The summed E-state index contributed by atoms with van der Waals surface area (Å²) >= 11 is 11.4. The van der Waals surface area contributed by atoms with Gasteiger partial charge in [-0.3, -0.25) is 4.79 Å². The molecule has 0 saturated carbocycles. The first-order chi connectivity index (χ1) is 9.97. The summed E-state index contributed by atoms with van der Waals surface area (Å²) in [4.78, 5) is 15.8. The summed E-state index contributed by atoms with van der Waals surface area (Å²) < 4.78 is 28.9. The minimum atomic E-state index is -2.99. The van der Waals surface area contributed by atoms with Crippen LogP contribution >= 0.6 is 23.2 Å². The van der Waals surface area contributed by atoms with Gasteiger partial charge in [0.25, 0.3) is 5.91 Å². The van der Waals surface area contributed by atoms with Crippen LogP contribution in [-0.2, 0) is 0 Å². The van der Waals surface area contributed by atoms with Crippen LogP contribution in [0.5, 0.6) is 5.75 Å². The second kappa shape index (κ2) is 6.69. The zero-order valence-electron chi connectivity index (χ0n) is 10.3. The lowest BCUT2D eigenvalue weighted by Crippen LogP contribution is -2.14. The third-order valence-corrected chi connectivity index (χ3v) is 3.10. The first-order valence-corrected chi connectivity index (χ1v) is 6.39. The lowest BCUT2D eigenvalue weighted by Gasteiger charge is -2.11. The Kier molecular flexibility index (Phi) is 4.93. The summed E-state index contributed by atoms with van der Waals surface area (Å²) in [6.45, 7) is -2.99. The van der Waals surface area contributed by atoms with Crippen molar-refractivity contribution in [1.82, 2.24) is 4.98 Å². The molecule has 0 fully saturated rings. The highest BCUT2D eigenvalue weighted by Gasteiger charge is 2.14. The number of benzene rings is 1. The molecule has 1 aromatic heterocycles. The summed E-state index contributed by atoms with van der Waals surface area (Å²) in [6.07, 6.45) is 1.22. The van der Waals surface area contributed by atoms with Crippen LogP contribution in [0.4, 0.5) is 14.5 Å². The smallest absolute Gasteiger partial charge is 0.387 e. The maximum Gasteiger partial charge on any atom is 0.387 e. The Morgan fingerprint density at radius 1 is 1.29 bits per heavy atom. The number of carbonyl (C=O) groups is 1. The summed E-state index contributed by atoms with van der Waals surface area (Å²) in [5, 5.41) is 2.62. The molecule has 0 bridgehead atoms. The Morgan fingerprint density at radius 2 is 2.00 bits per heavy atom. The Labute approximate surface area is 128 Å². The van der Waals surface area contributed by atoms with Crippen molar-refractivity contribution in [2.45, 2.75) is 6.61 Å². The number of alkyl halides is 2. The fraction of sp³-hybridized carbons (Fsp3) is 0.0769. The number of hydrogen-bond donors (Lipinski definition) is 1. The molecule has 0 atom stereocenters. The van der Waals surface area contributed by atoms with Gasteiger partial charge in [0, 0.05) is 6.20 Å². The largest absolute Gasteiger partial charge is 0.433 e. The highest BCUT2D eigenvalue weighted by atomic mass is 35.5. The zero-order valence-corrected chi connectivity index (χ0v) is 11.8. The third kappa shape index (κ3) is 4.03. The number of carbonyl (C=O) groups excluding carboxylic acids is 1. The van der Waals surface area contributed by atoms with Crippen LogP contribution in [0.3, 0.4) is 0 Å². The number of nitrogens with zero attached hydrogens (tertiary/aromatic N) is 1. The maximum atomic E-state index is 12.3. The number of rotatable bonds is 4. The van der Waals surface area contributed by atoms with Crippen LogP contribution < -0.4 is 10.1 Å².